The normalized spacial score (nSPS) is 12.5. The van der Waals surface area contributed by atoms with Crippen LogP contribution >= 0.6 is 0 Å². The monoisotopic (exact) mass is 470 g/mol. The van der Waals surface area contributed by atoms with Crippen LogP contribution in [0.1, 0.15) is 58.1 Å². The Morgan fingerprint density at radius 3 is 2.29 bits per heavy atom. The maximum absolute atomic E-state index is 12.2. The van der Waals surface area contributed by atoms with Gasteiger partial charge in [0.05, 0.1) is 0 Å². The van der Waals surface area contributed by atoms with Gasteiger partial charge in [-0.15, -0.1) is 0 Å². The van der Waals surface area contributed by atoms with Crippen molar-refractivity contribution in [2.45, 2.75) is 59.2 Å². The van der Waals surface area contributed by atoms with E-state index in [4.69, 9.17) is 14.2 Å². The molecule has 35 heavy (non-hydrogen) atoms. The third-order valence-corrected chi connectivity index (χ3v) is 6.13. The fourth-order valence-electron chi connectivity index (χ4n) is 4.14. The van der Waals surface area contributed by atoms with Gasteiger partial charge in [-0.3, -0.25) is 0 Å². The van der Waals surface area contributed by atoms with E-state index in [1.807, 2.05) is 51.1 Å². The zero-order valence-electron chi connectivity index (χ0n) is 21.3. The maximum atomic E-state index is 12.2. The molecule has 0 heterocycles. The fraction of sp³-hybridized carbons (Fsp3) is 0.323. The summed E-state index contributed by atoms with van der Waals surface area (Å²) in [6.07, 6.45) is 1.12. The Bertz CT molecular complexity index is 1320. The third-order valence-electron chi connectivity index (χ3n) is 6.13. The molecule has 0 amide bonds. The van der Waals surface area contributed by atoms with E-state index in [1.54, 1.807) is 0 Å². The van der Waals surface area contributed by atoms with Gasteiger partial charge in [-0.05, 0) is 61.8 Å². The molecule has 4 aromatic carbocycles. The van der Waals surface area contributed by atoms with Gasteiger partial charge >= 0.3 is 5.97 Å². The molecule has 0 aliphatic rings. The van der Waals surface area contributed by atoms with Gasteiger partial charge in [0, 0.05) is 16.2 Å². The number of rotatable bonds is 8. The zero-order valence-corrected chi connectivity index (χ0v) is 21.3. The topological polar surface area (TPSA) is 44.8 Å². The summed E-state index contributed by atoms with van der Waals surface area (Å²) in [5, 5.41) is 3.94. The van der Waals surface area contributed by atoms with Crippen molar-refractivity contribution in [1.29, 1.82) is 0 Å². The third kappa shape index (κ3) is 5.94. The van der Waals surface area contributed by atoms with Crippen molar-refractivity contribution in [2.75, 3.05) is 6.61 Å². The van der Waals surface area contributed by atoms with Crippen LogP contribution in [-0.4, -0.2) is 18.2 Å². The van der Waals surface area contributed by atoms with Gasteiger partial charge in [0.2, 0.25) is 0 Å². The molecule has 0 saturated heterocycles. The minimum Gasteiger partial charge on any atom is -0.488 e. The van der Waals surface area contributed by atoms with Gasteiger partial charge < -0.3 is 14.2 Å². The van der Waals surface area contributed by atoms with Crippen molar-refractivity contribution in [3.05, 3.63) is 83.9 Å². The summed E-state index contributed by atoms with van der Waals surface area (Å²) >= 11 is 0. The van der Waals surface area contributed by atoms with Crippen molar-refractivity contribution in [3.63, 3.8) is 0 Å². The van der Waals surface area contributed by atoms with Crippen molar-refractivity contribution in [1.82, 2.24) is 0 Å². The summed E-state index contributed by atoms with van der Waals surface area (Å²) in [4.78, 5) is 12.2. The summed E-state index contributed by atoms with van der Waals surface area (Å²) in [7, 11) is 0. The maximum Gasteiger partial charge on any atom is 0.344 e. The number of hydrogen-bond acceptors (Lipinski definition) is 4. The molecule has 0 bridgehead atoms. The molecule has 0 N–H and O–H groups in total. The van der Waals surface area contributed by atoms with Crippen molar-refractivity contribution >= 4 is 27.5 Å². The molecule has 0 saturated carbocycles. The molecule has 0 spiro atoms. The first-order chi connectivity index (χ1) is 16.7. The first-order valence-corrected chi connectivity index (χ1v) is 12.3. The van der Waals surface area contributed by atoms with Gasteiger partial charge in [0.1, 0.15) is 23.7 Å². The number of esters is 1. The molecule has 182 valence electrons. The fourth-order valence-corrected chi connectivity index (χ4v) is 4.14. The molecule has 1 atom stereocenters. The average molecular weight is 471 g/mol. The molecule has 0 aliphatic carbocycles. The van der Waals surface area contributed by atoms with Gasteiger partial charge in [0.15, 0.2) is 6.61 Å². The Labute approximate surface area is 207 Å². The summed E-state index contributed by atoms with van der Waals surface area (Å²) in [6, 6.07) is 24.8. The first-order valence-electron chi connectivity index (χ1n) is 12.3. The molecule has 0 fully saturated rings. The highest BCUT2D eigenvalue weighted by Crippen LogP contribution is 2.39. The van der Waals surface area contributed by atoms with Crippen molar-refractivity contribution in [3.8, 4) is 11.5 Å². The molecule has 4 nitrogen and oxygen atoms in total. The minimum atomic E-state index is -0.552. The number of fused-ring (bicyclic) bond motifs is 2. The molecule has 1 unspecified atom stereocenters. The van der Waals surface area contributed by atoms with E-state index < -0.39 is 11.6 Å². The predicted octanol–water partition coefficient (Wildman–Crippen LogP) is 7.81. The van der Waals surface area contributed by atoms with E-state index in [1.165, 1.54) is 5.56 Å². The van der Waals surface area contributed by atoms with Gasteiger partial charge in [-0.1, -0.05) is 74.5 Å². The lowest BCUT2D eigenvalue weighted by molar-refractivity contribution is -0.157. The summed E-state index contributed by atoms with van der Waals surface area (Å²) < 4.78 is 17.7. The first kappa shape index (κ1) is 24.6. The summed E-state index contributed by atoms with van der Waals surface area (Å²) in [6.45, 7) is 10.3. The molecule has 4 rings (SSSR count). The number of carbonyl (C=O) groups excluding carboxylic acids is 1. The van der Waals surface area contributed by atoms with Crippen LogP contribution in [0.3, 0.4) is 0 Å². The van der Waals surface area contributed by atoms with Crippen LogP contribution in [0.2, 0.25) is 0 Å². The van der Waals surface area contributed by atoms with Gasteiger partial charge in [0.25, 0.3) is 0 Å². The van der Waals surface area contributed by atoms with E-state index >= 15 is 0 Å². The standard InChI is InChI=1S/C31H34O4/c1-6-21(2)23-16-14-22(15-17-23)19-34-30-25-11-8-7-10-24(25)18-27-26(30)12-9-13-28(27)33-20-29(32)35-31(3,4)5/h7-18,21H,6,19-20H2,1-5H3. The molecular weight excluding hydrogens is 436 g/mol. The Morgan fingerprint density at radius 1 is 0.857 bits per heavy atom. The Balaban J connectivity index is 1.64. The highest BCUT2D eigenvalue weighted by Gasteiger charge is 2.18. The van der Waals surface area contributed by atoms with E-state index in [0.717, 1.165) is 39.3 Å². The van der Waals surface area contributed by atoms with Gasteiger partial charge in [-0.2, -0.15) is 0 Å². The smallest absolute Gasteiger partial charge is 0.344 e. The van der Waals surface area contributed by atoms with Crippen LogP contribution in [0.4, 0.5) is 0 Å². The zero-order chi connectivity index (χ0) is 25.0. The second-order valence-electron chi connectivity index (χ2n) is 9.99. The van der Waals surface area contributed by atoms with E-state index in [9.17, 15) is 4.79 Å². The average Bonchev–Trinajstić information content (AvgIpc) is 2.84. The Morgan fingerprint density at radius 2 is 1.57 bits per heavy atom. The highest BCUT2D eigenvalue weighted by molar-refractivity contribution is 6.07. The second-order valence-corrected chi connectivity index (χ2v) is 9.99. The van der Waals surface area contributed by atoms with Crippen LogP contribution in [0.25, 0.3) is 21.5 Å². The number of ether oxygens (including phenoxy) is 3. The minimum absolute atomic E-state index is 0.151. The van der Waals surface area contributed by atoms with Crippen LogP contribution in [0.15, 0.2) is 72.8 Å². The lowest BCUT2D eigenvalue weighted by Gasteiger charge is -2.20. The Kier molecular flexibility index (Phi) is 7.30. The van der Waals surface area contributed by atoms with Crippen LogP contribution in [0.5, 0.6) is 11.5 Å². The molecule has 0 aliphatic heterocycles. The van der Waals surface area contributed by atoms with E-state index in [-0.39, 0.29) is 6.61 Å². The second kappa shape index (κ2) is 10.4. The number of hydrogen-bond donors (Lipinski definition) is 0. The largest absolute Gasteiger partial charge is 0.488 e. The molecule has 4 aromatic rings. The molecule has 4 heteroatoms. The van der Waals surface area contributed by atoms with Crippen LogP contribution < -0.4 is 9.47 Å². The highest BCUT2D eigenvalue weighted by atomic mass is 16.6. The van der Waals surface area contributed by atoms with Crippen molar-refractivity contribution in [2.24, 2.45) is 0 Å². The number of benzene rings is 4. The van der Waals surface area contributed by atoms with E-state index in [2.05, 4.69) is 56.3 Å². The van der Waals surface area contributed by atoms with Crippen LogP contribution in [0, 0.1) is 0 Å². The SMILES string of the molecule is CCC(C)c1ccc(COc2c3ccccc3cc3c(OCC(=O)OC(C)(C)C)cccc23)cc1. The van der Waals surface area contributed by atoms with Crippen LogP contribution in [-0.2, 0) is 16.1 Å². The lowest BCUT2D eigenvalue weighted by Crippen LogP contribution is -2.27. The molecule has 0 aromatic heterocycles. The Hall–Kier alpha value is -3.53. The van der Waals surface area contributed by atoms with Crippen molar-refractivity contribution < 1.29 is 19.0 Å². The van der Waals surface area contributed by atoms with E-state index in [0.29, 0.717) is 18.3 Å². The molecule has 0 radical (unpaired) electrons. The quantitative estimate of drug-likeness (QED) is 0.195. The lowest BCUT2D eigenvalue weighted by atomic mass is 9.98. The molecular formula is C31H34O4. The summed E-state index contributed by atoms with van der Waals surface area (Å²) in [5.74, 6) is 1.59. The summed E-state index contributed by atoms with van der Waals surface area (Å²) in [5.41, 5.74) is 1.91. The van der Waals surface area contributed by atoms with Gasteiger partial charge in [-0.25, -0.2) is 4.79 Å². The number of carbonyl (C=O) groups is 1. The predicted molar refractivity (Wildman–Crippen MR) is 142 cm³/mol.